The molecular weight excluding hydrogens is 368 g/mol. The topological polar surface area (TPSA) is 77.1 Å². The van der Waals surface area contributed by atoms with E-state index in [1.807, 2.05) is 62.6 Å². The highest BCUT2D eigenvalue weighted by atomic mass is 32.1. The molecular formula is C23H20N2O2S. The zero-order valence-corrected chi connectivity index (χ0v) is 16.5. The van der Waals surface area contributed by atoms with E-state index in [4.69, 9.17) is 0 Å². The minimum atomic E-state index is -1.38. The van der Waals surface area contributed by atoms with Gasteiger partial charge in [-0.25, -0.2) is 0 Å². The second-order valence-corrected chi connectivity index (χ2v) is 8.84. The summed E-state index contributed by atoms with van der Waals surface area (Å²) in [7, 11) is 0. The first-order chi connectivity index (χ1) is 13.4. The molecule has 28 heavy (non-hydrogen) atoms. The maximum atomic E-state index is 9.64. The van der Waals surface area contributed by atoms with Crippen LogP contribution in [0.15, 0.2) is 54.9 Å². The average molecular weight is 388 g/mol. The molecule has 0 aliphatic carbocycles. The van der Waals surface area contributed by atoms with E-state index in [0.717, 1.165) is 36.9 Å². The number of benzene rings is 2. The molecule has 4 rings (SSSR count). The van der Waals surface area contributed by atoms with Crippen molar-refractivity contribution >= 4 is 32.2 Å². The molecule has 0 spiro atoms. The number of aromatic nitrogens is 1. The number of aliphatic hydroxyl groups excluding tert-OH is 1. The smallest absolute Gasteiger partial charge is 0.156 e. The molecule has 0 unspecified atom stereocenters. The van der Waals surface area contributed by atoms with Crippen LogP contribution in [0.5, 0.6) is 0 Å². The Balaban J connectivity index is 1.89. The number of rotatable bonds is 4. The lowest BCUT2D eigenvalue weighted by atomic mass is 9.87. The minimum absolute atomic E-state index is 0.567. The van der Waals surface area contributed by atoms with Gasteiger partial charge in [0.1, 0.15) is 0 Å². The molecule has 2 heterocycles. The van der Waals surface area contributed by atoms with Gasteiger partial charge in [-0.15, -0.1) is 11.3 Å². The Labute approximate surface area is 167 Å². The monoisotopic (exact) mass is 388 g/mol. The van der Waals surface area contributed by atoms with E-state index in [1.165, 1.54) is 0 Å². The molecule has 140 valence electrons. The lowest BCUT2D eigenvalue weighted by Gasteiger charge is -2.25. The van der Waals surface area contributed by atoms with Gasteiger partial charge in [0, 0.05) is 39.0 Å². The third-order valence-corrected chi connectivity index (χ3v) is 6.23. The van der Waals surface area contributed by atoms with Crippen LogP contribution in [0.25, 0.3) is 32.0 Å². The number of hydrogen-bond donors (Lipinski definition) is 2. The second kappa shape index (κ2) is 6.99. The Morgan fingerprint density at radius 1 is 1.04 bits per heavy atom. The van der Waals surface area contributed by atoms with Crippen molar-refractivity contribution in [3.05, 3.63) is 65.3 Å². The van der Waals surface area contributed by atoms with Crippen LogP contribution < -0.4 is 0 Å². The van der Waals surface area contributed by atoms with E-state index in [1.54, 1.807) is 11.3 Å². The summed E-state index contributed by atoms with van der Waals surface area (Å²) in [5.41, 5.74) is 2.08. The Morgan fingerprint density at radius 2 is 1.79 bits per heavy atom. The van der Waals surface area contributed by atoms with E-state index in [-0.39, 0.29) is 0 Å². The molecule has 0 radical (unpaired) electrons. The molecule has 2 aromatic heterocycles. The first kappa shape index (κ1) is 18.6. The van der Waals surface area contributed by atoms with E-state index in [9.17, 15) is 15.5 Å². The van der Waals surface area contributed by atoms with Crippen molar-refractivity contribution in [3.63, 3.8) is 0 Å². The van der Waals surface area contributed by atoms with Gasteiger partial charge in [-0.1, -0.05) is 44.2 Å². The van der Waals surface area contributed by atoms with Gasteiger partial charge < -0.3 is 10.2 Å². The fourth-order valence-corrected chi connectivity index (χ4v) is 4.78. The van der Waals surface area contributed by atoms with E-state index in [0.29, 0.717) is 12.0 Å². The third-order valence-electron chi connectivity index (χ3n) is 5.16. The quantitative estimate of drug-likeness (QED) is 0.489. The summed E-state index contributed by atoms with van der Waals surface area (Å²) in [5, 5.41) is 31.7. The number of nitrogens with zero attached hydrogens (tertiary/aromatic N) is 2. The summed E-state index contributed by atoms with van der Waals surface area (Å²) in [6, 6.07) is 16.1. The van der Waals surface area contributed by atoms with Gasteiger partial charge in [-0.3, -0.25) is 4.98 Å². The maximum absolute atomic E-state index is 9.64. The number of thiophene rings is 1. The highest BCUT2D eigenvalue weighted by Gasteiger charge is 2.27. The van der Waals surface area contributed by atoms with Gasteiger partial charge >= 0.3 is 0 Å². The van der Waals surface area contributed by atoms with Crippen molar-refractivity contribution in [1.82, 2.24) is 4.98 Å². The molecule has 4 nitrogen and oxygen atoms in total. The molecule has 0 aliphatic heterocycles. The van der Waals surface area contributed by atoms with Crippen LogP contribution in [-0.2, 0) is 6.42 Å². The van der Waals surface area contributed by atoms with Crippen molar-refractivity contribution in [2.75, 3.05) is 0 Å². The number of nitriles is 1. The van der Waals surface area contributed by atoms with Crippen LogP contribution in [0.2, 0.25) is 0 Å². The van der Waals surface area contributed by atoms with Crippen molar-refractivity contribution in [3.8, 4) is 17.2 Å². The Hall–Kier alpha value is -2.78. The SMILES string of the molecule is CC(C)(Cc1cc2c(-c3ccc(C#N)c4ccccc34)cncc2s1)C(O)O. The third kappa shape index (κ3) is 3.16. The molecule has 0 atom stereocenters. The van der Waals surface area contributed by atoms with Crippen LogP contribution in [0.4, 0.5) is 0 Å². The van der Waals surface area contributed by atoms with Gasteiger partial charge in [0.05, 0.1) is 16.3 Å². The maximum Gasteiger partial charge on any atom is 0.156 e. The molecule has 0 saturated carbocycles. The molecule has 0 fully saturated rings. The molecule has 0 aliphatic rings. The Bertz CT molecular complexity index is 1220. The fraction of sp³-hybridized carbons (Fsp3) is 0.217. The molecule has 5 heteroatoms. The van der Waals surface area contributed by atoms with Crippen molar-refractivity contribution < 1.29 is 10.2 Å². The highest BCUT2D eigenvalue weighted by molar-refractivity contribution is 7.19. The van der Waals surface area contributed by atoms with Crippen LogP contribution in [0.1, 0.15) is 24.3 Å². The van der Waals surface area contributed by atoms with Crippen molar-refractivity contribution in [2.45, 2.75) is 26.6 Å². The van der Waals surface area contributed by atoms with Crippen LogP contribution in [0.3, 0.4) is 0 Å². The first-order valence-electron chi connectivity index (χ1n) is 9.05. The summed E-state index contributed by atoms with van der Waals surface area (Å²) in [4.78, 5) is 5.51. The molecule has 0 saturated heterocycles. The summed E-state index contributed by atoms with van der Waals surface area (Å²) in [6.45, 7) is 3.69. The molecule has 2 N–H and O–H groups in total. The predicted octanol–water partition coefficient (Wildman–Crippen LogP) is 4.87. The Kier molecular flexibility index (Phi) is 4.64. The number of fused-ring (bicyclic) bond motifs is 2. The normalized spacial score (nSPS) is 12.0. The molecule has 2 aromatic carbocycles. The summed E-state index contributed by atoms with van der Waals surface area (Å²) in [6.07, 6.45) is 2.90. The lowest BCUT2D eigenvalue weighted by molar-refractivity contribution is -0.120. The summed E-state index contributed by atoms with van der Waals surface area (Å²) >= 11 is 1.63. The molecule has 0 amide bonds. The standard InChI is InChI=1S/C23H20N2O2S/c1-23(2,22(26)27)10-15-9-19-20(12-25-13-21(19)28-15)18-8-7-14(11-24)16-5-3-4-6-17(16)18/h3-9,12-13,22,26-27H,10H2,1-2H3. The summed E-state index contributed by atoms with van der Waals surface area (Å²) < 4.78 is 1.06. The average Bonchev–Trinajstić information content (AvgIpc) is 3.08. The van der Waals surface area contributed by atoms with Gasteiger partial charge in [-0.2, -0.15) is 5.26 Å². The zero-order valence-electron chi connectivity index (χ0n) is 15.7. The van der Waals surface area contributed by atoms with Crippen molar-refractivity contribution in [2.24, 2.45) is 5.41 Å². The van der Waals surface area contributed by atoms with Gasteiger partial charge in [0.2, 0.25) is 0 Å². The molecule has 4 aromatic rings. The summed E-state index contributed by atoms with van der Waals surface area (Å²) in [5.74, 6) is 0. The van der Waals surface area contributed by atoms with E-state index < -0.39 is 11.7 Å². The van der Waals surface area contributed by atoms with Crippen LogP contribution >= 0.6 is 11.3 Å². The number of hydrogen-bond acceptors (Lipinski definition) is 5. The van der Waals surface area contributed by atoms with Gasteiger partial charge in [0.15, 0.2) is 6.29 Å². The number of aliphatic hydroxyl groups is 2. The Morgan fingerprint density at radius 3 is 2.50 bits per heavy atom. The van der Waals surface area contributed by atoms with Crippen LogP contribution in [0, 0.1) is 16.7 Å². The molecule has 0 bridgehead atoms. The largest absolute Gasteiger partial charge is 0.368 e. The van der Waals surface area contributed by atoms with Gasteiger partial charge in [0.25, 0.3) is 0 Å². The van der Waals surface area contributed by atoms with Gasteiger partial charge in [-0.05, 0) is 29.5 Å². The second-order valence-electron chi connectivity index (χ2n) is 7.67. The highest BCUT2D eigenvalue weighted by Crippen LogP contribution is 2.39. The number of pyridine rings is 1. The first-order valence-corrected chi connectivity index (χ1v) is 9.87. The minimum Gasteiger partial charge on any atom is -0.368 e. The van der Waals surface area contributed by atoms with Crippen LogP contribution in [-0.4, -0.2) is 21.5 Å². The lowest BCUT2D eigenvalue weighted by Crippen LogP contribution is -2.30. The fourth-order valence-electron chi connectivity index (χ4n) is 3.49. The van der Waals surface area contributed by atoms with E-state index >= 15 is 0 Å². The van der Waals surface area contributed by atoms with E-state index in [2.05, 4.69) is 17.1 Å². The predicted molar refractivity (Wildman–Crippen MR) is 113 cm³/mol. The van der Waals surface area contributed by atoms with Crippen molar-refractivity contribution in [1.29, 1.82) is 5.26 Å². The zero-order chi connectivity index (χ0) is 19.9.